The highest BCUT2D eigenvalue weighted by molar-refractivity contribution is 6.00. The highest BCUT2D eigenvalue weighted by Crippen LogP contribution is 2.77. The van der Waals surface area contributed by atoms with Gasteiger partial charge in [0.05, 0.1) is 13.2 Å². The molecule has 0 aromatic heterocycles. The van der Waals surface area contributed by atoms with Gasteiger partial charge in [-0.3, -0.25) is 9.59 Å². The van der Waals surface area contributed by atoms with Crippen LogP contribution in [-0.2, 0) is 19.1 Å². The van der Waals surface area contributed by atoms with E-state index in [1.54, 1.807) is 31.1 Å². The second kappa shape index (κ2) is 7.45. The molecule has 4 aliphatic carbocycles. The third-order valence-corrected chi connectivity index (χ3v) is 7.53. The summed E-state index contributed by atoms with van der Waals surface area (Å²) in [6, 6.07) is 0. The van der Waals surface area contributed by atoms with Crippen LogP contribution < -0.4 is 0 Å². The Kier molecular flexibility index (Phi) is 5.25. The summed E-state index contributed by atoms with van der Waals surface area (Å²) in [4.78, 5) is 26.0. The lowest BCUT2D eigenvalue weighted by Gasteiger charge is -2.29. The zero-order valence-electron chi connectivity index (χ0n) is 18.0. The lowest BCUT2D eigenvalue weighted by molar-refractivity contribution is -0.172. The second-order valence-electron chi connectivity index (χ2n) is 9.32. The molecule has 0 N–H and O–H groups in total. The first-order chi connectivity index (χ1) is 14.0. The minimum Gasteiger partial charge on any atom is -0.465 e. The Labute approximate surface area is 174 Å². The summed E-state index contributed by atoms with van der Waals surface area (Å²) < 4.78 is 10.7. The van der Waals surface area contributed by atoms with Gasteiger partial charge >= 0.3 is 11.9 Å². The van der Waals surface area contributed by atoms with Crippen LogP contribution in [0.25, 0.3) is 0 Å². The maximum Gasteiger partial charge on any atom is 0.324 e. The van der Waals surface area contributed by atoms with E-state index in [0.29, 0.717) is 11.8 Å². The van der Waals surface area contributed by atoms with Crippen molar-refractivity contribution in [3.8, 4) is 0 Å². The van der Waals surface area contributed by atoms with Gasteiger partial charge in [-0.25, -0.2) is 0 Å². The zero-order valence-corrected chi connectivity index (χ0v) is 18.0. The van der Waals surface area contributed by atoms with Gasteiger partial charge in [0.2, 0.25) is 0 Å². The molecule has 3 saturated carbocycles. The summed E-state index contributed by atoms with van der Waals surface area (Å²) in [6.07, 6.45) is 14.4. The SMILES string of the molecule is C=CCC(CC1=CC2(CC2)C2(CC2)C(=C2CC2)CC1)(C(=O)OCC)C(=O)OCC. The first kappa shape index (κ1) is 20.4. The van der Waals surface area contributed by atoms with Crippen molar-refractivity contribution >= 4 is 11.9 Å². The normalized spacial score (nSPS) is 23.3. The fourth-order valence-corrected chi connectivity index (χ4v) is 5.77. The molecule has 158 valence electrons. The molecule has 0 heterocycles. The molecule has 0 aliphatic heterocycles. The first-order valence-corrected chi connectivity index (χ1v) is 11.3. The molecular formula is C25H34O4. The topological polar surface area (TPSA) is 52.6 Å². The molecule has 4 nitrogen and oxygen atoms in total. The minimum atomic E-state index is -1.32. The van der Waals surface area contributed by atoms with E-state index < -0.39 is 17.4 Å². The highest BCUT2D eigenvalue weighted by Gasteiger charge is 2.67. The highest BCUT2D eigenvalue weighted by atomic mass is 16.6. The van der Waals surface area contributed by atoms with E-state index in [9.17, 15) is 9.59 Å². The van der Waals surface area contributed by atoms with Crippen LogP contribution in [0, 0.1) is 16.2 Å². The Morgan fingerprint density at radius 3 is 2.10 bits per heavy atom. The first-order valence-electron chi connectivity index (χ1n) is 11.3. The number of hydrogen-bond acceptors (Lipinski definition) is 4. The Balaban J connectivity index is 1.67. The Morgan fingerprint density at radius 1 is 1.03 bits per heavy atom. The van der Waals surface area contributed by atoms with E-state index in [1.165, 1.54) is 44.1 Å². The molecule has 0 amide bonds. The van der Waals surface area contributed by atoms with Crippen molar-refractivity contribution in [2.45, 2.75) is 78.1 Å². The summed E-state index contributed by atoms with van der Waals surface area (Å²) in [5, 5.41) is 0. The number of fused-ring (bicyclic) bond motifs is 1. The molecule has 29 heavy (non-hydrogen) atoms. The van der Waals surface area contributed by atoms with Gasteiger partial charge in [0.1, 0.15) is 0 Å². The number of carbonyl (C=O) groups excluding carboxylic acids is 2. The lowest BCUT2D eigenvalue weighted by Crippen LogP contribution is -2.42. The van der Waals surface area contributed by atoms with E-state index in [1.807, 2.05) is 0 Å². The third-order valence-electron chi connectivity index (χ3n) is 7.53. The average molecular weight is 399 g/mol. The molecule has 4 rings (SSSR count). The summed E-state index contributed by atoms with van der Waals surface area (Å²) in [5.74, 6) is -0.953. The summed E-state index contributed by atoms with van der Waals surface area (Å²) in [7, 11) is 0. The number of esters is 2. The van der Waals surface area contributed by atoms with E-state index in [-0.39, 0.29) is 25.0 Å². The number of allylic oxidation sites excluding steroid dienone is 5. The number of hydrogen-bond donors (Lipinski definition) is 0. The van der Waals surface area contributed by atoms with E-state index in [4.69, 9.17) is 9.47 Å². The predicted octanol–water partition coefficient (Wildman–Crippen LogP) is 5.44. The largest absolute Gasteiger partial charge is 0.465 e. The molecule has 0 atom stereocenters. The molecule has 0 aromatic carbocycles. The van der Waals surface area contributed by atoms with Gasteiger partial charge < -0.3 is 9.47 Å². The van der Waals surface area contributed by atoms with Crippen molar-refractivity contribution in [1.82, 2.24) is 0 Å². The smallest absolute Gasteiger partial charge is 0.324 e. The van der Waals surface area contributed by atoms with Crippen molar-refractivity contribution in [3.05, 3.63) is 35.5 Å². The van der Waals surface area contributed by atoms with E-state index in [0.717, 1.165) is 12.8 Å². The molecule has 0 radical (unpaired) electrons. The van der Waals surface area contributed by atoms with Crippen molar-refractivity contribution in [3.63, 3.8) is 0 Å². The fourth-order valence-electron chi connectivity index (χ4n) is 5.77. The van der Waals surface area contributed by atoms with Crippen molar-refractivity contribution in [2.75, 3.05) is 13.2 Å². The fraction of sp³-hybridized carbons (Fsp3) is 0.680. The molecule has 0 saturated heterocycles. The van der Waals surface area contributed by atoms with Gasteiger partial charge in [0.25, 0.3) is 0 Å². The summed E-state index contributed by atoms with van der Waals surface area (Å²) in [5.41, 5.74) is 4.00. The van der Waals surface area contributed by atoms with Gasteiger partial charge in [0.15, 0.2) is 5.41 Å². The molecule has 4 aliphatic rings. The Morgan fingerprint density at radius 2 is 1.66 bits per heavy atom. The lowest BCUT2D eigenvalue weighted by atomic mass is 9.76. The van der Waals surface area contributed by atoms with Crippen LogP contribution in [0.15, 0.2) is 35.5 Å². The van der Waals surface area contributed by atoms with Gasteiger partial charge in [-0.1, -0.05) is 28.9 Å². The van der Waals surface area contributed by atoms with E-state index >= 15 is 0 Å². The average Bonchev–Trinajstić information content (AvgIpc) is 3.53. The Bertz CT molecular complexity index is 753. The van der Waals surface area contributed by atoms with E-state index in [2.05, 4.69) is 12.7 Å². The predicted molar refractivity (Wildman–Crippen MR) is 112 cm³/mol. The Hall–Kier alpha value is -1.84. The summed E-state index contributed by atoms with van der Waals surface area (Å²) in [6.45, 7) is 7.87. The van der Waals surface area contributed by atoms with Crippen LogP contribution in [0.1, 0.15) is 78.1 Å². The number of rotatable bonds is 8. The maximum absolute atomic E-state index is 13.0. The molecule has 2 spiro atoms. The van der Waals surface area contributed by atoms with Gasteiger partial charge in [-0.2, -0.15) is 0 Å². The van der Waals surface area contributed by atoms with Crippen molar-refractivity contribution in [1.29, 1.82) is 0 Å². The summed E-state index contributed by atoms with van der Waals surface area (Å²) >= 11 is 0. The van der Waals surface area contributed by atoms with Crippen molar-refractivity contribution < 1.29 is 19.1 Å². The molecule has 0 bridgehead atoms. The van der Waals surface area contributed by atoms with Gasteiger partial charge in [0, 0.05) is 5.41 Å². The molecule has 4 heteroatoms. The quantitative estimate of drug-likeness (QED) is 0.310. The molecule has 3 fully saturated rings. The molecule has 0 aromatic rings. The third kappa shape index (κ3) is 3.39. The van der Waals surface area contributed by atoms with Crippen LogP contribution >= 0.6 is 0 Å². The van der Waals surface area contributed by atoms with Crippen LogP contribution in [0.2, 0.25) is 0 Å². The number of ether oxygens (including phenoxy) is 2. The molecule has 0 unspecified atom stereocenters. The van der Waals surface area contributed by atoms with Gasteiger partial charge in [-0.15, -0.1) is 6.58 Å². The molecular weight excluding hydrogens is 364 g/mol. The number of carbonyl (C=O) groups is 2. The standard InChI is InChI=1S/C25H34O4/c1-4-11-24(21(26)28-5-2,22(27)29-6-3)17-18-7-10-20(19-8-9-19)25(14-15-25)23(16-18)12-13-23/h4,16H,1,5-15,17H2,2-3H3. The van der Waals surface area contributed by atoms with Gasteiger partial charge in [-0.05, 0) is 83.5 Å². The van der Waals surface area contributed by atoms with Crippen LogP contribution in [0.4, 0.5) is 0 Å². The van der Waals surface area contributed by atoms with Crippen LogP contribution in [0.3, 0.4) is 0 Å². The zero-order chi connectivity index (χ0) is 20.7. The van der Waals surface area contributed by atoms with Crippen molar-refractivity contribution in [2.24, 2.45) is 16.2 Å². The van der Waals surface area contributed by atoms with Crippen LogP contribution in [0.5, 0.6) is 0 Å². The minimum absolute atomic E-state index is 0.244. The maximum atomic E-state index is 13.0. The van der Waals surface area contributed by atoms with Crippen LogP contribution in [-0.4, -0.2) is 25.2 Å². The monoisotopic (exact) mass is 398 g/mol. The second-order valence-corrected chi connectivity index (χ2v) is 9.32.